The van der Waals surface area contributed by atoms with Crippen LogP contribution < -0.4 is 4.68 Å². The maximum atomic E-state index is 5.88. The van der Waals surface area contributed by atoms with Crippen LogP contribution in [0.2, 0.25) is 5.15 Å². The Morgan fingerprint density at radius 1 is 1.61 bits per heavy atom. The van der Waals surface area contributed by atoms with Gasteiger partial charge in [0, 0.05) is 20.2 Å². The van der Waals surface area contributed by atoms with Gasteiger partial charge in [-0.05, 0) is 18.0 Å². The number of hydrogen-bond donors (Lipinski definition) is 0. The van der Waals surface area contributed by atoms with Gasteiger partial charge in [0.05, 0.1) is 6.61 Å². The Balaban J connectivity index is 2.93. The summed E-state index contributed by atoms with van der Waals surface area (Å²) in [5.74, 6) is 1.31. The number of ether oxygens (including phenoxy) is 1. The molecule has 0 aliphatic rings. The van der Waals surface area contributed by atoms with Crippen LogP contribution in [0, 0.1) is 0 Å². The van der Waals surface area contributed by atoms with E-state index in [2.05, 4.69) is 16.7 Å². The maximum absolute atomic E-state index is 5.88. The van der Waals surface area contributed by atoms with Crippen LogP contribution in [0.15, 0.2) is 29.5 Å². The normalized spacial score (nSPS) is 10.7. The van der Waals surface area contributed by atoms with Gasteiger partial charge in [-0.1, -0.05) is 23.3 Å². The number of aliphatic imine (C=N–C) groups is 1. The third-order valence-electron chi connectivity index (χ3n) is 1.95. The standard InChI is InChI=1S/C12H18ClN4O/c1-5-18-10(2)8-17-12(14-9-16(3)4)7-6-11(13)15-17/h6-7,9H,2,5,8H2,1,3-4H3/q+1. The molecule has 0 radical (unpaired) electrons. The summed E-state index contributed by atoms with van der Waals surface area (Å²) in [5.41, 5.74) is 0. The zero-order chi connectivity index (χ0) is 13.5. The first kappa shape index (κ1) is 14.4. The van der Waals surface area contributed by atoms with Crippen LogP contribution in [0.3, 0.4) is 0 Å². The van der Waals surface area contributed by atoms with Crippen LogP contribution in [-0.2, 0) is 11.3 Å². The summed E-state index contributed by atoms with van der Waals surface area (Å²) in [4.78, 5) is 6.15. The molecule has 0 N–H and O–H groups in total. The summed E-state index contributed by atoms with van der Waals surface area (Å²) >= 11 is 5.88. The molecule has 0 bridgehead atoms. The summed E-state index contributed by atoms with van der Waals surface area (Å²) in [6.45, 7) is 6.73. The molecule has 18 heavy (non-hydrogen) atoms. The molecule has 0 aliphatic carbocycles. The van der Waals surface area contributed by atoms with E-state index >= 15 is 0 Å². The van der Waals surface area contributed by atoms with Crippen molar-refractivity contribution < 1.29 is 9.42 Å². The van der Waals surface area contributed by atoms with E-state index in [1.807, 2.05) is 25.9 Å². The smallest absolute Gasteiger partial charge is 0.345 e. The van der Waals surface area contributed by atoms with E-state index in [0.29, 0.717) is 29.9 Å². The lowest BCUT2D eigenvalue weighted by atomic mass is 10.5. The van der Waals surface area contributed by atoms with Gasteiger partial charge in [-0.25, -0.2) is 0 Å². The minimum absolute atomic E-state index is 0.406. The molecule has 5 nitrogen and oxygen atoms in total. The molecule has 0 aliphatic heterocycles. The zero-order valence-electron chi connectivity index (χ0n) is 10.9. The highest BCUT2D eigenvalue weighted by molar-refractivity contribution is 6.29. The van der Waals surface area contributed by atoms with Crippen molar-refractivity contribution in [1.82, 2.24) is 10.00 Å². The lowest BCUT2D eigenvalue weighted by Crippen LogP contribution is -2.39. The van der Waals surface area contributed by atoms with Gasteiger partial charge in [0.15, 0.2) is 11.7 Å². The maximum Gasteiger partial charge on any atom is 0.345 e. The number of aromatic nitrogens is 2. The predicted octanol–water partition coefficient (Wildman–Crippen LogP) is 1.79. The van der Waals surface area contributed by atoms with Crippen molar-refractivity contribution in [3.8, 4) is 0 Å². The molecular formula is C12H18ClN4O+. The van der Waals surface area contributed by atoms with Crippen molar-refractivity contribution in [3.63, 3.8) is 0 Å². The van der Waals surface area contributed by atoms with Crippen LogP contribution in [-0.4, -0.2) is 37.0 Å². The lowest BCUT2D eigenvalue weighted by molar-refractivity contribution is -0.736. The first-order chi connectivity index (χ1) is 8.52. The monoisotopic (exact) mass is 269 g/mol. The third kappa shape index (κ3) is 4.71. The quantitative estimate of drug-likeness (QED) is 0.342. The van der Waals surface area contributed by atoms with Gasteiger partial charge in [-0.2, -0.15) is 0 Å². The second kappa shape index (κ2) is 6.96. The van der Waals surface area contributed by atoms with Crippen LogP contribution >= 0.6 is 11.6 Å². The van der Waals surface area contributed by atoms with Gasteiger partial charge in [0.1, 0.15) is 5.76 Å². The van der Waals surface area contributed by atoms with Gasteiger partial charge in [0.2, 0.25) is 6.34 Å². The van der Waals surface area contributed by atoms with E-state index in [9.17, 15) is 0 Å². The number of nitrogens with zero attached hydrogens (tertiary/aromatic N) is 4. The number of hydrogen-bond acceptors (Lipinski definition) is 3. The van der Waals surface area contributed by atoms with Crippen molar-refractivity contribution in [3.05, 3.63) is 29.6 Å². The van der Waals surface area contributed by atoms with Crippen LogP contribution in [0.25, 0.3) is 0 Å². The molecule has 1 rings (SSSR count). The highest BCUT2D eigenvalue weighted by atomic mass is 35.5. The molecule has 1 heterocycles. The van der Waals surface area contributed by atoms with Crippen molar-refractivity contribution in [1.29, 1.82) is 0 Å². The van der Waals surface area contributed by atoms with Gasteiger partial charge in [0.25, 0.3) is 0 Å². The summed E-state index contributed by atoms with van der Waals surface area (Å²) in [7, 11) is 3.80. The molecule has 0 aromatic carbocycles. The lowest BCUT2D eigenvalue weighted by Gasteiger charge is -2.05. The predicted molar refractivity (Wildman–Crippen MR) is 72.0 cm³/mol. The van der Waals surface area contributed by atoms with Crippen molar-refractivity contribution in [2.24, 2.45) is 4.99 Å². The topological polar surface area (TPSA) is 41.6 Å². The molecule has 1 aromatic heterocycles. The van der Waals surface area contributed by atoms with Gasteiger partial charge in [-0.15, -0.1) is 4.68 Å². The molecule has 0 spiro atoms. The first-order valence-electron chi connectivity index (χ1n) is 5.60. The van der Waals surface area contributed by atoms with E-state index in [1.54, 1.807) is 23.2 Å². The van der Waals surface area contributed by atoms with E-state index in [0.717, 1.165) is 0 Å². The van der Waals surface area contributed by atoms with Gasteiger partial charge < -0.3 is 9.64 Å². The third-order valence-corrected chi connectivity index (χ3v) is 2.15. The second-order valence-corrected chi connectivity index (χ2v) is 4.24. The fourth-order valence-electron chi connectivity index (χ4n) is 1.25. The molecule has 0 saturated carbocycles. The molecule has 0 atom stereocenters. The number of rotatable bonds is 6. The minimum atomic E-state index is 0.406. The van der Waals surface area contributed by atoms with E-state index < -0.39 is 0 Å². The van der Waals surface area contributed by atoms with Crippen molar-refractivity contribution >= 4 is 23.8 Å². The average Bonchev–Trinajstić information content (AvgIpc) is 2.28. The molecule has 0 unspecified atom stereocenters. The molecule has 6 heteroatoms. The van der Waals surface area contributed by atoms with E-state index in [4.69, 9.17) is 16.3 Å². The van der Waals surface area contributed by atoms with Gasteiger partial charge >= 0.3 is 5.82 Å². The Morgan fingerprint density at radius 2 is 2.33 bits per heavy atom. The fraction of sp³-hybridized carbons (Fsp3) is 0.417. The Bertz CT molecular complexity index is 446. The van der Waals surface area contributed by atoms with Crippen LogP contribution in [0.5, 0.6) is 0 Å². The molecule has 1 aromatic rings. The Morgan fingerprint density at radius 3 is 2.94 bits per heavy atom. The Labute approximate surface area is 112 Å². The number of halogens is 1. The van der Waals surface area contributed by atoms with Crippen LogP contribution in [0.1, 0.15) is 6.92 Å². The number of allylic oxidation sites excluding steroid dienone is 1. The highest BCUT2D eigenvalue weighted by Crippen LogP contribution is 2.08. The minimum Gasteiger partial charge on any atom is -0.495 e. The zero-order valence-corrected chi connectivity index (χ0v) is 11.7. The summed E-state index contributed by atoms with van der Waals surface area (Å²) < 4.78 is 6.96. The summed E-state index contributed by atoms with van der Waals surface area (Å²) in [6, 6.07) is 3.50. The fourth-order valence-corrected chi connectivity index (χ4v) is 1.40. The van der Waals surface area contributed by atoms with Crippen molar-refractivity contribution in [2.45, 2.75) is 13.5 Å². The van der Waals surface area contributed by atoms with E-state index in [-0.39, 0.29) is 0 Å². The second-order valence-electron chi connectivity index (χ2n) is 3.85. The van der Waals surface area contributed by atoms with Crippen molar-refractivity contribution in [2.75, 3.05) is 20.7 Å². The average molecular weight is 270 g/mol. The molecule has 0 saturated heterocycles. The first-order valence-corrected chi connectivity index (χ1v) is 5.98. The summed E-state index contributed by atoms with van der Waals surface area (Å²) in [6.07, 6.45) is 1.70. The summed E-state index contributed by atoms with van der Waals surface area (Å²) in [5, 5.41) is 4.59. The highest BCUT2D eigenvalue weighted by Gasteiger charge is 2.13. The van der Waals surface area contributed by atoms with E-state index in [1.165, 1.54) is 0 Å². The largest absolute Gasteiger partial charge is 0.495 e. The SMILES string of the molecule is C=C(C[n+]1nc(Cl)ccc1N=CN(C)C)OCC. The molecular weight excluding hydrogens is 252 g/mol. The molecule has 0 amide bonds. The molecule has 98 valence electrons. The molecule has 0 fully saturated rings. The Hall–Kier alpha value is -1.62. The van der Waals surface area contributed by atoms with Crippen LogP contribution in [0.4, 0.5) is 5.82 Å². The van der Waals surface area contributed by atoms with Gasteiger partial charge in [-0.3, -0.25) is 0 Å². The Kier molecular flexibility index (Phi) is 5.58.